The summed E-state index contributed by atoms with van der Waals surface area (Å²) in [5.41, 5.74) is 4.91. The van der Waals surface area contributed by atoms with Crippen molar-refractivity contribution in [1.29, 1.82) is 0 Å². The number of aryl methyl sites for hydroxylation is 1. The summed E-state index contributed by atoms with van der Waals surface area (Å²) >= 11 is 6.20. The number of hydrogen-bond acceptors (Lipinski definition) is 6. The van der Waals surface area contributed by atoms with Crippen molar-refractivity contribution in [2.75, 3.05) is 19.4 Å². The van der Waals surface area contributed by atoms with E-state index in [0.717, 1.165) is 16.7 Å². The molecular formula is C35H33ClFN7O2. The van der Waals surface area contributed by atoms with E-state index in [2.05, 4.69) is 26.2 Å². The maximum Gasteiger partial charge on any atom is 0.247 e. The highest BCUT2D eigenvalue weighted by atomic mass is 35.5. The lowest BCUT2D eigenvalue weighted by atomic mass is 9.99. The second kappa shape index (κ2) is 15.2. The van der Waals surface area contributed by atoms with E-state index in [1.54, 1.807) is 36.4 Å². The number of anilines is 1. The Balaban J connectivity index is 1.34. The molecule has 1 atom stereocenters. The summed E-state index contributed by atoms with van der Waals surface area (Å²) in [6.45, 7) is 0.698. The number of nitrogens with zero attached hydrogens (tertiary/aromatic N) is 5. The largest absolute Gasteiger partial charge is 0.341 e. The fraction of sp³-hybridized carbons (Fsp3) is 0.171. The monoisotopic (exact) mass is 637 g/mol. The average Bonchev–Trinajstić information content (AvgIpc) is 3.58. The molecule has 4 aromatic carbocycles. The van der Waals surface area contributed by atoms with Gasteiger partial charge in [0.15, 0.2) is 0 Å². The molecule has 234 valence electrons. The van der Waals surface area contributed by atoms with Crippen LogP contribution in [0.2, 0.25) is 5.02 Å². The van der Waals surface area contributed by atoms with Gasteiger partial charge in [0.25, 0.3) is 0 Å². The van der Waals surface area contributed by atoms with Gasteiger partial charge in [-0.1, -0.05) is 72.3 Å². The average molecular weight is 638 g/mol. The number of carbonyl (C=O) groups excluding carboxylic acids is 2. The quantitative estimate of drug-likeness (QED) is 0.164. The van der Waals surface area contributed by atoms with Crippen molar-refractivity contribution < 1.29 is 14.0 Å². The summed E-state index contributed by atoms with van der Waals surface area (Å²) < 4.78 is 16.9. The summed E-state index contributed by atoms with van der Waals surface area (Å²) in [6, 6.07) is 26.3. The van der Waals surface area contributed by atoms with Crippen LogP contribution in [0.5, 0.6) is 0 Å². The Morgan fingerprint density at radius 3 is 2.52 bits per heavy atom. The summed E-state index contributed by atoms with van der Waals surface area (Å²) in [5, 5.41) is 17.2. The Hall–Kier alpha value is -5.19. The van der Waals surface area contributed by atoms with E-state index < -0.39 is 23.7 Å². The second-order valence-electron chi connectivity index (χ2n) is 11.0. The maximum absolute atomic E-state index is 15.4. The Morgan fingerprint density at radius 1 is 1.00 bits per heavy atom. The third-order valence-electron chi connectivity index (χ3n) is 7.24. The number of benzene rings is 4. The fourth-order valence-corrected chi connectivity index (χ4v) is 5.21. The molecule has 0 aliphatic rings. The molecule has 0 bridgehead atoms. The van der Waals surface area contributed by atoms with Crippen molar-refractivity contribution in [2.24, 2.45) is 0 Å². The SMILES string of the molecule is CN(C)Cc1ccccc1-c1ccc(NC(=O)[C@H](CCc2ccccc2)NC(=O)/C=C/c2cc(Cl)ccc2-n2cnnn2)c(F)c1. The summed E-state index contributed by atoms with van der Waals surface area (Å²) in [6.07, 6.45) is 5.11. The van der Waals surface area contributed by atoms with E-state index >= 15 is 4.39 Å². The van der Waals surface area contributed by atoms with Gasteiger partial charge in [-0.25, -0.2) is 4.39 Å². The van der Waals surface area contributed by atoms with Crippen LogP contribution >= 0.6 is 11.6 Å². The van der Waals surface area contributed by atoms with Gasteiger partial charge in [-0.05, 0) is 96.0 Å². The highest BCUT2D eigenvalue weighted by molar-refractivity contribution is 6.30. The van der Waals surface area contributed by atoms with Gasteiger partial charge < -0.3 is 15.5 Å². The minimum atomic E-state index is -0.949. The van der Waals surface area contributed by atoms with E-state index in [0.29, 0.717) is 41.2 Å². The van der Waals surface area contributed by atoms with Crippen molar-refractivity contribution >= 4 is 35.2 Å². The first-order valence-electron chi connectivity index (χ1n) is 14.7. The molecule has 1 aromatic heterocycles. The Kier molecular flexibility index (Phi) is 10.6. The molecule has 0 unspecified atom stereocenters. The summed E-state index contributed by atoms with van der Waals surface area (Å²) in [7, 11) is 3.95. The lowest BCUT2D eigenvalue weighted by Crippen LogP contribution is -2.43. The predicted molar refractivity (Wildman–Crippen MR) is 178 cm³/mol. The number of carbonyl (C=O) groups is 2. The van der Waals surface area contributed by atoms with Crippen LogP contribution < -0.4 is 10.6 Å². The molecule has 0 saturated heterocycles. The molecule has 2 amide bonds. The molecule has 0 saturated carbocycles. The molecule has 11 heteroatoms. The summed E-state index contributed by atoms with van der Waals surface area (Å²) in [4.78, 5) is 28.7. The molecule has 1 heterocycles. The van der Waals surface area contributed by atoms with Crippen molar-refractivity contribution in [1.82, 2.24) is 30.4 Å². The zero-order valence-corrected chi connectivity index (χ0v) is 26.2. The first-order valence-corrected chi connectivity index (χ1v) is 15.0. The van der Waals surface area contributed by atoms with Gasteiger partial charge >= 0.3 is 0 Å². The van der Waals surface area contributed by atoms with Crippen LogP contribution in [0.1, 0.15) is 23.1 Å². The molecule has 9 nitrogen and oxygen atoms in total. The standard InChI is InChI=1S/C35H33ClFN7O2/c1-43(2)22-27-10-6-7-11-29(27)25-13-17-31(30(37)21-25)40-35(46)32(16-12-24-8-4-3-5-9-24)39-34(45)19-14-26-20-28(36)15-18-33(26)44-23-38-41-42-44/h3-11,13-15,17-21,23,32H,12,16,22H2,1-2H3,(H,39,45)(H,40,46)/b19-14+/t32-/m0/s1. The van der Waals surface area contributed by atoms with E-state index in [9.17, 15) is 9.59 Å². The highest BCUT2D eigenvalue weighted by Gasteiger charge is 2.22. The fourth-order valence-electron chi connectivity index (χ4n) is 5.03. The Labute approximate surface area is 271 Å². The first kappa shape index (κ1) is 32.2. The normalized spacial score (nSPS) is 11.9. The van der Waals surface area contributed by atoms with Crippen LogP contribution in [0.25, 0.3) is 22.9 Å². The molecule has 2 N–H and O–H groups in total. The molecular weight excluding hydrogens is 605 g/mol. The number of tetrazole rings is 1. The molecule has 0 radical (unpaired) electrons. The van der Waals surface area contributed by atoms with Crippen LogP contribution in [0.4, 0.5) is 10.1 Å². The van der Waals surface area contributed by atoms with Crippen molar-refractivity contribution in [3.63, 3.8) is 0 Å². The van der Waals surface area contributed by atoms with E-state index in [4.69, 9.17) is 11.6 Å². The predicted octanol–water partition coefficient (Wildman–Crippen LogP) is 5.95. The van der Waals surface area contributed by atoms with Gasteiger partial charge in [-0.2, -0.15) is 4.68 Å². The minimum Gasteiger partial charge on any atom is -0.341 e. The third-order valence-corrected chi connectivity index (χ3v) is 7.47. The van der Waals surface area contributed by atoms with E-state index in [1.165, 1.54) is 23.2 Å². The van der Waals surface area contributed by atoms with Crippen LogP contribution in [0.3, 0.4) is 0 Å². The summed E-state index contributed by atoms with van der Waals surface area (Å²) in [5.74, 6) is -1.62. The number of amides is 2. The third kappa shape index (κ3) is 8.50. The van der Waals surface area contributed by atoms with Gasteiger partial charge in [-0.3, -0.25) is 9.59 Å². The second-order valence-corrected chi connectivity index (χ2v) is 11.4. The number of nitrogens with one attached hydrogen (secondary N) is 2. The Bertz CT molecular complexity index is 1830. The van der Waals surface area contributed by atoms with Crippen LogP contribution in [-0.4, -0.2) is 57.1 Å². The van der Waals surface area contributed by atoms with E-state index in [1.807, 2.05) is 73.6 Å². The van der Waals surface area contributed by atoms with E-state index in [-0.39, 0.29) is 5.69 Å². The number of aromatic nitrogens is 4. The zero-order chi connectivity index (χ0) is 32.5. The molecule has 0 aliphatic carbocycles. The zero-order valence-electron chi connectivity index (χ0n) is 25.4. The molecule has 0 spiro atoms. The van der Waals surface area contributed by atoms with Crippen molar-refractivity contribution in [3.8, 4) is 16.8 Å². The number of hydrogen-bond donors (Lipinski definition) is 2. The maximum atomic E-state index is 15.4. The molecule has 5 rings (SSSR count). The molecule has 5 aromatic rings. The van der Waals surface area contributed by atoms with Gasteiger partial charge in [0.2, 0.25) is 11.8 Å². The van der Waals surface area contributed by atoms with Crippen molar-refractivity contribution in [2.45, 2.75) is 25.4 Å². The number of rotatable bonds is 12. The smallest absolute Gasteiger partial charge is 0.247 e. The van der Waals surface area contributed by atoms with Crippen LogP contribution in [-0.2, 0) is 22.6 Å². The van der Waals surface area contributed by atoms with Gasteiger partial charge in [0.05, 0.1) is 11.4 Å². The van der Waals surface area contributed by atoms with Crippen molar-refractivity contribution in [3.05, 3.63) is 131 Å². The topological polar surface area (TPSA) is 105 Å². The lowest BCUT2D eigenvalue weighted by molar-refractivity contribution is -0.123. The minimum absolute atomic E-state index is 0.0263. The van der Waals surface area contributed by atoms with Crippen LogP contribution in [0, 0.1) is 5.82 Å². The lowest BCUT2D eigenvalue weighted by Gasteiger charge is -2.19. The van der Waals surface area contributed by atoms with Gasteiger partial charge in [-0.15, -0.1) is 5.10 Å². The molecule has 0 aliphatic heterocycles. The molecule has 46 heavy (non-hydrogen) atoms. The van der Waals surface area contributed by atoms with Gasteiger partial charge in [0.1, 0.15) is 18.2 Å². The van der Waals surface area contributed by atoms with Gasteiger partial charge in [0, 0.05) is 23.2 Å². The number of halogens is 2. The molecule has 0 fully saturated rings. The Morgan fingerprint density at radius 2 is 1.78 bits per heavy atom. The highest BCUT2D eigenvalue weighted by Crippen LogP contribution is 2.28. The first-order chi connectivity index (χ1) is 22.3. The van der Waals surface area contributed by atoms with Crippen LogP contribution in [0.15, 0.2) is 103 Å².